The largest absolute Gasteiger partial charge is 0.323 e. The fraction of sp³-hybridized carbons (Fsp3) is 0. The van der Waals surface area contributed by atoms with Gasteiger partial charge < -0.3 is 5.32 Å². The highest BCUT2D eigenvalue weighted by atomic mass is 127. The van der Waals surface area contributed by atoms with Crippen molar-refractivity contribution >= 4 is 45.8 Å². The molecule has 84 valence electrons. The number of halogens is 2. The lowest BCUT2D eigenvalue weighted by molar-refractivity contribution is 1.14. The first-order valence-electron chi connectivity index (χ1n) is 4.64. The van der Waals surface area contributed by atoms with Crippen molar-refractivity contribution in [2.24, 2.45) is 0 Å². The summed E-state index contributed by atoms with van der Waals surface area (Å²) in [5.41, 5.74) is 1.03. The molecule has 0 aliphatic heterocycles. The predicted octanol–water partition coefficient (Wildman–Crippen LogP) is 3.35. The van der Waals surface area contributed by atoms with E-state index in [9.17, 15) is 0 Å². The van der Waals surface area contributed by atoms with E-state index in [4.69, 9.17) is 16.9 Å². The molecule has 1 N–H and O–H groups in total. The number of hydrogen-bond donors (Lipinski definition) is 1. The highest BCUT2D eigenvalue weighted by molar-refractivity contribution is 14.1. The van der Waals surface area contributed by atoms with Gasteiger partial charge in [0.1, 0.15) is 11.8 Å². The molecule has 1 aromatic carbocycles. The highest BCUT2D eigenvalue weighted by Crippen LogP contribution is 2.25. The minimum absolute atomic E-state index is 0.309. The Morgan fingerprint density at radius 2 is 2.18 bits per heavy atom. The number of aromatic nitrogens is 2. The van der Waals surface area contributed by atoms with Gasteiger partial charge in [-0.1, -0.05) is 11.6 Å². The summed E-state index contributed by atoms with van der Waals surface area (Å²) in [6.07, 6.45) is 1.52. The number of nitrogens with zero attached hydrogens (tertiary/aromatic N) is 3. The molecule has 1 heterocycles. The quantitative estimate of drug-likeness (QED) is 0.838. The van der Waals surface area contributed by atoms with Crippen LogP contribution in [0, 0.1) is 14.9 Å². The summed E-state index contributed by atoms with van der Waals surface area (Å²) in [5, 5.41) is 12.3. The van der Waals surface area contributed by atoms with Crippen LogP contribution in [-0.2, 0) is 0 Å². The van der Waals surface area contributed by atoms with Crippen LogP contribution < -0.4 is 5.32 Å². The van der Waals surface area contributed by atoms with Gasteiger partial charge in [-0.3, -0.25) is 0 Å². The van der Waals surface area contributed by atoms with E-state index >= 15 is 0 Å². The average Bonchev–Trinajstić information content (AvgIpc) is 2.34. The molecule has 0 atom stereocenters. The molecule has 4 nitrogen and oxygen atoms in total. The van der Waals surface area contributed by atoms with Gasteiger partial charge in [0.2, 0.25) is 5.95 Å². The van der Waals surface area contributed by atoms with Gasteiger partial charge in [0.15, 0.2) is 0 Å². The summed E-state index contributed by atoms with van der Waals surface area (Å²) in [7, 11) is 0. The van der Waals surface area contributed by atoms with Crippen LogP contribution >= 0.6 is 34.2 Å². The Hall–Kier alpha value is -1.39. The Bertz CT molecular complexity index is 594. The monoisotopic (exact) mass is 356 g/mol. The third kappa shape index (κ3) is 3.05. The van der Waals surface area contributed by atoms with Gasteiger partial charge in [-0.05, 0) is 46.9 Å². The molecule has 0 spiro atoms. The Morgan fingerprint density at radius 1 is 1.35 bits per heavy atom. The van der Waals surface area contributed by atoms with E-state index in [0.717, 1.165) is 3.57 Å². The van der Waals surface area contributed by atoms with Crippen LogP contribution in [0.3, 0.4) is 0 Å². The Labute approximate surface area is 117 Å². The van der Waals surface area contributed by atoms with Crippen molar-refractivity contribution < 1.29 is 0 Å². The molecular weight excluding hydrogens is 351 g/mol. The van der Waals surface area contributed by atoms with Crippen molar-refractivity contribution in [1.29, 1.82) is 5.26 Å². The molecule has 0 aliphatic rings. The lowest BCUT2D eigenvalue weighted by Gasteiger charge is -2.06. The second-order valence-corrected chi connectivity index (χ2v) is 4.78. The van der Waals surface area contributed by atoms with Gasteiger partial charge in [-0.2, -0.15) is 5.26 Å². The molecule has 0 bridgehead atoms. The van der Waals surface area contributed by atoms with Crippen LogP contribution in [0.1, 0.15) is 5.69 Å². The maximum Gasteiger partial charge on any atom is 0.228 e. The topological polar surface area (TPSA) is 61.6 Å². The minimum Gasteiger partial charge on any atom is -0.323 e. The fourth-order valence-electron chi connectivity index (χ4n) is 1.19. The van der Waals surface area contributed by atoms with E-state index in [1.165, 1.54) is 6.20 Å². The summed E-state index contributed by atoms with van der Waals surface area (Å²) >= 11 is 8.22. The van der Waals surface area contributed by atoms with Crippen molar-refractivity contribution in [3.05, 3.63) is 44.7 Å². The lowest BCUT2D eigenvalue weighted by atomic mass is 10.3. The summed E-state index contributed by atoms with van der Waals surface area (Å²) in [5.74, 6) is 0.355. The minimum atomic E-state index is 0.309. The third-order valence-electron chi connectivity index (χ3n) is 1.95. The van der Waals surface area contributed by atoms with E-state index in [-0.39, 0.29) is 0 Å². The molecule has 0 amide bonds. The zero-order valence-electron chi connectivity index (χ0n) is 8.48. The van der Waals surface area contributed by atoms with Crippen LogP contribution in [-0.4, -0.2) is 9.97 Å². The molecule has 0 aliphatic carbocycles. The molecule has 0 fully saturated rings. The molecule has 0 unspecified atom stereocenters. The SMILES string of the molecule is N#Cc1ccnc(Nc2cc(I)ccc2Cl)n1. The normalized spacial score (nSPS) is 9.71. The number of rotatable bonds is 2. The molecule has 17 heavy (non-hydrogen) atoms. The van der Waals surface area contributed by atoms with Crippen molar-refractivity contribution in [1.82, 2.24) is 9.97 Å². The lowest BCUT2D eigenvalue weighted by Crippen LogP contribution is -1.98. The first-order valence-corrected chi connectivity index (χ1v) is 6.10. The van der Waals surface area contributed by atoms with Crippen molar-refractivity contribution in [2.75, 3.05) is 5.32 Å². The maximum absolute atomic E-state index is 8.73. The van der Waals surface area contributed by atoms with Gasteiger partial charge in [0.25, 0.3) is 0 Å². The van der Waals surface area contributed by atoms with Gasteiger partial charge in [0, 0.05) is 9.77 Å². The van der Waals surface area contributed by atoms with Crippen molar-refractivity contribution in [3.63, 3.8) is 0 Å². The average molecular weight is 357 g/mol. The summed E-state index contributed by atoms with van der Waals surface area (Å²) < 4.78 is 1.05. The van der Waals surface area contributed by atoms with Gasteiger partial charge in [0.05, 0.1) is 10.7 Å². The molecule has 0 saturated heterocycles. The summed E-state index contributed by atoms with van der Waals surface area (Å²) in [4.78, 5) is 8.03. The maximum atomic E-state index is 8.73. The molecule has 2 aromatic rings. The molecule has 6 heteroatoms. The van der Waals surface area contributed by atoms with Gasteiger partial charge in [-0.15, -0.1) is 0 Å². The number of nitrogens with one attached hydrogen (secondary N) is 1. The molecular formula is C11H6ClIN4. The summed E-state index contributed by atoms with van der Waals surface area (Å²) in [6, 6.07) is 9.07. The zero-order chi connectivity index (χ0) is 12.3. The first kappa shape index (κ1) is 12.1. The van der Waals surface area contributed by atoms with Gasteiger partial charge in [-0.25, -0.2) is 9.97 Å². The first-order chi connectivity index (χ1) is 8.19. The smallest absolute Gasteiger partial charge is 0.228 e. The Balaban J connectivity index is 2.31. The van der Waals surface area contributed by atoms with E-state index in [0.29, 0.717) is 22.4 Å². The molecule has 0 saturated carbocycles. The van der Waals surface area contributed by atoms with Crippen LogP contribution in [0.4, 0.5) is 11.6 Å². The van der Waals surface area contributed by atoms with Crippen molar-refractivity contribution in [3.8, 4) is 6.07 Å². The van der Waals surface area contributed by atoms with Crippen LogP contribution in [0.5, 0.6) is 0 Å². The molecule has 0 radical (unpaired) electrons. The van der Waals surface area contributed by atoms with E-state index in [1.54, 1.807) is 12.1 Å². The summed E-state index contributed by atoms with van der Waals surface area (Å²) in [6.45, 7) is 0. The number of nitriles is 1. The van der Waals surface area contributed by atoms with E-state index in [1.807, 2.05) is 18.2 Å². The van der Waals surface area contributed by atoms with Crippen LogP contribution in [0.15, 0.2) is 30.5 Å². The van der Waals surface area contributed by atoms with E-state index in [2.05, 4.69) is 37.9 Å². The van der Waals surface area contributed by atoms with Gasteiger partial charge >= 0.3 is 0 Å². The van der Waals surface area contributed by atoms with Crippen LogP contribution in [0.25, 0.3) is 0 Å². The Morgan fingerprint density at radius 3 is 2.94 bits per heavy atom. The number of hydrogen-bond acceptors (Lipinski definition) is 4. The molecule has 1 aromatic heterocycles. The number of benzene rings is 1. The number of anilines is 2. The molecule has 2 rings (SSSR count). The van der Waals surface area contributed by atoms with Crippen molar-refractivity contribution in [2.45, 2.75) is 0 Å². The standard InChI is InChI=1S/C11H6ClIN4/c12-9-2-1-7(13)5-10(9)17-11-15-4-3-8(6-14)16-11/h1-5H,(H,15,16,17). The van der Waals surface area contributed by atoms with Crippen LogP contribution in [0.2, 0.25) is 5.02 Å². The second kappa shape index (κ2) is 5.29. The predicted molar refractivity (Wildman–Crippen MR) is 74.2 cm³/mol. The fourth-order valence-corrected chi connectivity index (χ4v) is 1.85. The second-order valence-electron chi connectivity index (χ2n) is 3.13. The highest BCUT2D eigenvalue weighted by Gasteiger charge is 2.04. The van der Waals surface area contributed by atoms with E-state index < -0.39 is 0 Å². The third-order valence-corrected chi connectivity index (χ3v) is 2.95. The zero-order valence-corrected chi connectivity index (χ0v) is 11.4. The Kier molecular flexibility index (Phi) is 3.76.